The highest BCUT2D eigenvalue weighted by Gasteiger charge is 2.16. The first-order valence-electron chi connectivity index (χ1n) is 8.52. The Kier molecular flexibility index (Phi) is 4.88. The van der Waals surface area contributed by atoms with E-state index < -0.39 is 0 Å². The molecule has 25 heavy (non-hydrogen) atoms. The number of ketones is 1. The second kappa shape index (κ2) is 7.09. The molecule has 3 nitrogen and oxygen atoms in total. The third-order valence-electron chi connectivity index (χ3n) is 4.44. The summed E-state index contributed by atoms with van der Waals surface area (Å²) in [6.07, 6.45) is 2.76. The van der Waals surface area contributed by atoms with Gasteiger partial charge in [-0.1, -0.05) is 13.0 Å². The molecule has 0 amide bonds. The van der Waals surface area contributed by atoms with E-state index in [1.54, 1.807) is 12.3 Å². The molecule has 0 aliphatic rings. The second-order valence-corrected chi connectivity index (χ2v) is 6.38. The molecular weight excluding hydrogens is 317 g/mol. The van der Waals surface area contributed by atoms with Gasteiger partial charge in [0.05, 0.1) is 6.61 Å². The largest absolute Gasteiger partial charge is 0.493 e. The SMILES string of the molecule is CCCOc1cc(F)ccc1CC(=O)c1c[nH]c2cc(C)c(C)cc12. The van der Waals surface area contributed by atoms with Crippen LogP contribution < -0.4 is 4.74 Å². The number of benzene rings is 2. The van der Waals surface area contributed by atoms with Crippen LogP contribution >= 0.6 is 0 Å². The Morgan fingerprint density at radius 2 is 1.92 bits per heavy atom. The van der Waals surface area contributed by atoms with Crippen molar-refractivity contribution >= 4 is 16.7 Å². The van der Waals surface area contributed by atoms with Crippen molar-refractivity contribution in [2.45, 2.75) is 33.6 Å². The zero-order valence-corrected chi connectivity index (χ0v) is 14.8. The molecule has 1 N–H and O–H groups in total. The van der Waals surface area contributed by atoms with Crippen LogP contribution in [0.3, 0.4) is 0 Å². The van der Waals surface area contributed by atoms with Crippen molar-refractivity contribution in [3.05, 3.63) is 64.6 Å². The zero-order valence-electron chi connectivity index (χ0n) is 14.8. The lowest BCUT2D eigenvalue weighted by molar-refractivity contribution is 0.0993. The predicted octanol–water partition coefficient (Wildman–Crippen LogP) is 5.14. The van der Waals surface area contributed by atoms with E-state index in [1.165, 1.54) is 17.7 Å². The molecule has 0 aliphatic carbocycles. The maximum atomic E-state index is 13.5. The fraction of sp³-hybridized carbons (Fsp3) is 0.286. The lowest BCUT2D eigenvalue weighted by Gasteiger charge is -2.10. The van der Waals surface area contributed by atoms with Crippen LogP contribution in [0.25, 0.3) is 10.9 Å². The minimum Gasteiger partial charge on any atom is -0.493 e. The highest BCUT2D eigenvalue weighted by molar-refractivity contribution is 6.09. The number of hydrogen-bond donors (Lipinski definition) is 1. The van der Waals surface area contributed by atoms with E-state index in [0.717, 1.165) is 22.9 Å². The average molecular weight is 339 g/mol. The number of ether oxygens (including phenoxy) is 1. The van der Waals surface area contributed by atoms with Crippen LogP contribution in [0.15, 0.2) is 36.5 Å². The number of hydrogen-bond acceptors (Lipinski definition) is 2. The Morgan fingerprint density at radius 1 is 1.16 bits per heavy atom. The van der Waals surface area contributed by atoms with Crippen molar-refractivity contribution in [1.29, 1.82) is 0 Å². The van der Waals surface area contributed by atoms with Crippen LogP contribution in [0.2, 0.25) is 0 Å². The summed E-state index contributed by atoms with van der Waals surface area (Å²) in [5.74, 6) is 0.0741. The van der Waals surface area contributed by atoms with Gasteiger partial charge in [0, 0.05) is 40.7 Å². The number of rotatable bonds is 6. The monoisotopic (exact) mass is 339 g/mol. The molecule has 0 saturated heterocycles. The number of aromatic nitrogens is 1. The van der Waals surface area contributed by atoms with Gasteiger partial charge in [0.2, 0.25) is 0 Å². The Morgan fingerprint density at radius 3 is 2.68 bits per heavy atom. The van der Waals surface area contributed by atoms with Crippen LogP contribution in [0, 0.1) is 19.7 Å². The highest BCUT2D eigenvalue weighted by atomic mass is 19.1. The van der Waals surface area contributed by atoms with E-state index in [9.17, 15) is 9.18 Å². The number of Topliss-reactive ketones (excluding diaryl/α,β-unsaturated/α-hetero) is 1. The van der Waals surface area contributed by atoms with E-state index in [0.29, 0.717) is 23.5 Å². The maximum Gasteiger partial charge on any atom is 0.169 e. The molecule has 0 aliphatic heterocycles. The van der Waals surface area contributed by atoms with Crippen molar-refractivity contribution in [3.63, 3.8) is 0 Å². The van der Waals surface area contributed by atoms with Crippen LogP contribution in [-0.4, -0.2) is 17.4 Å². The van der Waals surface area contributed by atoms with Crippen molar-refractivity contribution in [2.24, 2.45) is 0 Å². The van der Waals surface area contributed by atoms with Gasteiger partial charge >= 0.3 is 0 Å². The van der Waals surface area contributed by atoms with Gasteiger partial charge in [0.1, 0.15) is 11.6 Å². The molecule has 0 bridgehead atoms. The summed E-state index contributed by atoms with van der Waals surface area (Å²) < 4.78 is 19.1. The van der Waals surface area contributed by atoms with Gasteiger partial charge in [0.25, 0.3) is 0 Å². The molecular formula is C21H22FNO2. The van der Waals surface area contributed by atoms with E-state index in [4.69, 9.17) is 4.74 Å². The summed E-state index contributed by atoms with van der Waals surface area (Å²) in [5.41, 5.74) is 4.65. The summed E-state index contributed by atoms with van der Waals surface area (Å²) in [6, 6.07) is 8.43. The van der Waals surface area contributed by atoms with Crippen molar-refractivity contribution < 1.29 is 13.9 Å². The third kappa shape index (κ3) is 3.58. The fourth-order valence-corrected chi connectivity index (χ4v) is 2.91. The summed E-state index contributed by atoms with van der Waals surface area (Å²) in [7, 11) is 0. The Hall–Kier alpha value is -2.62. The molecule has 0 saturated carbocycles. The van der Waals surface area contributed by atoms with Crippen LogP contribution in [0.1, 0.15) is 40.4 Å². The normalized spacial score (nSPS) is 11.0. The molecule has 3 rings (SSSR count). The summed E-state index contributed by atoms with van der Waals surface area (Å²) in [4.78, 5) is 16.0. The van der Waals surface area contributed by atoms with Crippen molar-refractivity contribution in [2.75, 3.05) is 6.61 Å². The minimum absolute atomic E-state index is 0.0116. The van der Waals surface area contributed by atoms with E-state index in [-0.39, 0.29) is 18.0 Å². The van der Waals surface area contributed by atoms with Gasteiger partial charge in [-0.3, -0.25) is 4.79 Å². The van der Waals surface area contributed by atoms with Crippen molar-refractivity contribution in [1.82, 2.24) is 4.98 Å². The van der Waals surface area contributed by atoms with Crippen LogP contribution in [0.4, 0.5) is 4.39 Å². The average Bonchev–Trinajstić information content (AvgIpc) is 2.98. The lowest BCUT2D eigenvalue weighted by Crippen LogP contribution is -2.06. The summed E-state index contributed by atoms with van der Waals surface area (Å²) in [5, 5.41) is 0.922. The number of halogens is 1. The van der Waals surface area contributed by atoms with Crippen molar-refractivity contribution in [3.8, 4) is 5.75 Å². The molecule has 1 heterocycles. The quantitative estimate of drug-likeness (QED) is 0.632. The van der Waals surface area contributed by atoms with Gasteiger partial charge in [0.15, 0.2) is 5.78 Å². The molecule has 3 aromatic rings. The molecule has 0 fully saturated rings. The van der Waals surface area contributed by atoms with E-state index >= 15 is 0 Å². The number of aryl methyl sites for hydroxylation is 2. The second-order valence-electron chi connectivity index (χ2n) is 6.38. The van der Waals surface area contributed by atoms with Gasteiger partial charge in [-0.2, -0.15) is 0 Å². The molecule has 1 aromatic heterocycles. The van der Waals surface area contributed by atoms with Crippen LogP contribution in [-0.2, 0) is 6.42 Å². The molecule has 2 aromatic carbocycles. The van der Waals surface area contributed by atoms with E-state index in [2.05, 4.69) is 11.1 Å². The van der Waals surface area contributed by atoms with Gasteiger partial charge < -0.3 is 9.72 Å². The molecule has 0 radical (unpaired) electrons. The smallest absolute Gasteiger partial charge is 0.169 e. The summed E-state index contributed by atoms with van der Waals surface area (Å²) >= 11 is 0. The highest BCUT2D eigenvalue weighted by Crippen LogP contribution is 2.26. The first kappa shape index (κ1) is 17.2. The number of carbonyl (C=O) groups is 1. The topological polar surface area (TPSA) is 42.1 Å². The van der Waals surface area contributed by atoms with Crippen LogP contribution in [0.5, 0.6) is 5.75 Å². The number of nitrogens with one attached hydrogen (secondary N) is 1. The van der Waals surface area contributed by atoms with Gasteiger partial charge in [-0.15, -0.1) is 0 Å². The molecule has 0 atom stereocenters. The lowest BCUT2D eigenvalue weighted by atomic mass is 9.99. The van der Waals surface area contributed by atoms with Gasteiger partial charge in [-0.05, 0) is 49.6 Å². The molecule has 4 heteroatoms. The minimum atomic E-state index is -0.361. The number of carbonyl (C=O) groups excluding carboxylic acids is 1. The number of aromatic amines is 1. The molecule has 0 unspecified atom stereocenters. The first-order valence-corrected chi connectivity index (χ1v) is 8.52. The number of H-pyrrole nitrogens is 1. The maximum absolute atomic E-state index is 13.5. The predicted molar refractivity (Wildman–Crippen MR) is 98.0 cm³/mol. The standard InChI is InChI=1S/C21H22FNO2/c1-4-7-25-21-11-16(22)6-5-15(21)10-20(24)18-12-23-19-9-14(3)13(2)8-17(18)19/h5-6,8-9,11-12,23H,4,7,10H2,1-3H3. The Balaban J connectivity index is 1.91. The molecule has 130 valence electrons. The fourth-order valence-electron chi connectivity index (χ4n) is 2.91. The van der Waals surface area contributed by atoms with E-state index in [1.807, 2.05) is 26.8 Å². The Bertz CT molecular complexity index is 927. The Labute approximate surface area is 146 Å². The number of fused-ring (bicyclic) bond motifs is 1. The zero-order chi connectivity index (χ0) is 18.0. The third-order valence-corrected chi connectivity index (χ3v) is 4.44. The first-order chi connectivity index (χ1) is 12.0. The van der Waals surface area contributed by atoms with Gasteiger partial charge in [-0.25, -0.2) is 4.39 Å². The summed E-state index contributed by atoms with van der Waals surface area (Å²) in [6.45, 7) is 6.57. The molecule has 0 spiro atoms.